The second-order valence-electron chi connectivity index (χ2n) is 5.68. The second kappa shape index (κ2) is 6.56. The van der Waals surface area contributed by atoms with Crippen LogP contribution in [0.25, 0.3) is 0 Å². The summed E-state index contributed by atoms with van der Waals surface area (Å²) < 4.78 is 5.26. The Morgan fingerprint density at radius 2 is 1.59 bits per heavy atom. The van der Waals surface area contributed by atoms with E-state index in [0.29, 0.717) is 13.0 Å². The SMILES string of the molecule is O=C(C[C@H]1C[C@@H]1C(=O)c1ccccc1)OCc1ccccc1. The highest BCUT2D eigenvalue weighted by atomic mass is 16.5. The smallest absolute Gasteiger partial charge is 0.306 e. The van der Waals surface area contributed by atoms with Gasteiger partial charge in [-0.3, -0.25) is 9.59 Å². The van der Waals surface area contributed by atoms with Crippen LogP contribution in [-0.2, 0) is 16.1 Å². The van der Waals surface area contributed by atoms with E-state index in [0.717, 1.165) is 17.5 Å². The number of Topliss-reactive ketones (excluding diaryl/α,β-unsaturated/α-hetero) is 1. The molecule has 1 fully saturated rings. The van der Waals surface area contributed by atoms with E-state index in [1.807, 2.05) is 60.7 Å². The van der Waals surface area contributed by atoms with E-state index in [9.17, 15) is 9.59 Å². The van der Waals surface area contributed by atoms with Crippen LogP contribution in [0, 0.1) is 11.8 Å². The average molecular weight is 294 g/mol. The Labute approximate surface area is 129 Å². The van der Waals surface area contributed by atoms with Gasteiger partial charge in [0.2, 0.25) is 0 Å². The van der Waals surface area contributed by atoms with Crippen LogP contribution in [-0.4, -0.2) is 11.8 Å². The molecule has 2 aromatic carbocycles. The lowest BCUT2D eigenvalue weighted by Crippen LogP contribution is -2.08. The van der Waals surface area contributed by atoms with Crippen LogP contribution in [0.1, 0.15) is 28.8 Å². The van der Waals surface area contributed by atoms with Crippen molar-refractivity contribution in [3.05, 3.63) is 71.8 Å². The number of benzene rings is 2. The first-order chi connectivity index (χ1) is 10.7. The Morgan fingerprint density at radius 3 is 2.27 bits per heavy atom. The molecule has 0 aliphatic heterocycles. The molecular weight excluding hydrogens is 276 g/mol. The van der Waals surface area contributed by atoms with Gasteiger partial charge in [-0.05, 0) is 17.9 Å². The van der Waals surface area contributed by atoms with Gasteiger partial charge in [-0.25, -0.2) is 0 Å². The summed E-state index contributed by atoms with van der Waals surface area (Å²) in [5, 5.41) is 0. The van der Waals surface area contributed by atoms with E-state index < -0.39 is 0 Å². The number of carbonyl (C=O) groups excluding carboxylic acids is 2. The molecule has 1 saturated carbocycles. The summed E-state index contributed by atoms with van der Waals surface area (Å²) in [6, 6.07) is 18.9. The van der Waals surface area contributed by atoms with Crippen LogP contribution >= 0.6 is 0 Å². The first-order valence-electron chi connectivity index (χ1n) is 7.53. The minimum atomic E-state index is -0.225. The molecule has 3 heteroatoms. The van der Waals surface area contributed by atoms with E-state index >= 15 is 0 Å². The van der Waals surface area contributed by atoms with Gasteiger partial charge in [0.05, 0.1) is 0 Å². The Balaban J connectivity index is 1.45. The largest absolute Gasteiger partial charge is 0.461 e. The summed E-state index contributed by atoms with van der Waals surface area (Å²) in [5.41, 5.74) is 1.70. The van der Waals surface area contributed by atoms with Crippen molar-refractivity contribution in [2.45, 2.75) is 19.4 Å². The number of carbonyl (C=O) groups is 2. The molecule has 0 saturated heterocycles. The van der Waals surface area contributed by atoms with Crippen LogP contribution in [0.2, 0.25) is 0 Å². The lowest BCUT2D eigenvalue weighted by molar-refractivity contribution is -0.145. The normalized spacial score (nSPS) is 19.5. The number of hydrogen-bond donors (Lipinski definition) is 0. The highest BCUT2D eigenvalue weighted by Crippen LogP contribution is 2.43. The molecule has 22 heavy (non-hydrogen) atoms. The first kappa shape index (κ1) is 14.5. The van der Waals surface area contributed by atoms with Crippen molar-refractivity contribution in [2.24, 2.45) is 11.8 Å². The van der Waals surface area contributed by atoms with E-state index in [4.69, 9.17) is 4.74 Å². The van der Waals surface area contributed by atoms with Crippen molar-refractivity contribution in [2.75, 3.05) is 0 Å². The summed E-state index contributed by atoms with van der Waals surface area (Å²) in [4.78, 5) is 24.1. The van der Waals surface area contributed by atoms with Crippen LogP contribution in [0.4, 0.5) is 0 Å². The summed E-state index contributed by atoms with van der Waals surface area (Å²) in [6.07, 6.45) is 1.12. The van der Waals surface area contributed by atoms with Gasteiger partial charge in [-0.1, -0.05) is 60.7 Å². The zero-order valence-corrected chi connectivity index (χ0v) is 12.3. The van der Waals surface area contributed by atoms with Crippen LogP contribution in [0.15, 0.2) is 60.7 Å². The Morgan fingerprint density at radius 1 is 0.955 bits per heavy atom. The molecule has 0 amide bonds. The van der Waals surface area contributed by atoms with Crippen molar-refractivity contribution < 1.29 is 14.3 Å². The van der Waals surface area contributed by atoms with Gasteiger partial charge in [0, 0.05) is 17.9 Å². The standard InChI is InChI=1S/C19H18O3/c20-18(22-13-14-7-3-1-4-8-14)12-16-11-17(16)19(21)15-9-5-2-6-10-15/h1-10,16-17H,11-13H2/t16-,17+/m1/s1. The number of hydrogen-bond acceptors (Lipinski definition) is 3. The van der Waals surface area contributed by atoms with Gasteiger partial charge in [-0.15, -0.1) is 0 Å². The molecule has 112 valence electrons. The number of rotatable bonds is 6. The molecule has 3 rings (SSSR count). The maximum Gasteiger partial charge on any atom is 0.306 e. The van der Waals surface area contributed by atoms with Gasteiger partial charge in [0.15, 0.2) is 5.78 Å². The van der Waals surface area contributed by atoms with Crippen LogP contribution in [0.5, 0.6) is 0 Å². The summed E-state index contributed by atoms with van der Waals surface area (Å²) >= 11 is 0. The Kier molecular flexibility index (Phi) is 4.33. The second-order valence-corrected chi connectivity index (χ2v) is 5.68. The third-order valence-electron chi connectivity index (χ3n) is 3.99. The van der Waals surface area contributed by atoms with Gasteiger partial charge in [0.1, 0.15) is 6.61 Å². The van der Waals surface area contributed by atoms with E-state index in [1.165, 1.54) is 0 Å². The lowest BCUT2D eigenvalue weighted by atomic mass is 10.1. The van der Waals surface area contributed by atoms with Crippen LogP contribution in [0.3, 0.4) is 0 Å². The highest BCUT2D eigenvalue weighted by Gasteiger charge is 2.44. The molecule has 0 radical (unpaired) electrons. The maximum absolute atomic E-state index is 12.2. The molecule has 0 aromatic heterocycles. The quantitative estimate of drug-likeness (QED) is 0.603. The number of ether oxygens (including phenoxy) is 1. The fraction of sp³-hybridized carbons (Fsp3) is 0.263. The molecule has 0 bridgehead atoms. The predicted octanol–water partition coefficient (Wildman–Crippen LogP) is 3.64. The molecule has 2 atom stereocenters. The molecule has 0 N–H and O–H groups in total. The van der Waals surface area contributed by atoms with E-state index in [-0.39, 0.29) is 23.6 Å². The third-order valence-corrected chi connectivity index (χ3v) is 3.99. The number of esters is 1. The van der Waals surface area contributed by atoms with Crippen molar-refractivity contribution in [1.29, 1.82) is 0 Å². The third kappa shape index (κ3) is 3.61. The maximum atomic E-state index is 12.2. The molecule has 2 aromatic rings. The molecule has 1 aliphatic carbocycles. The van der Waals surface area contributed by atoms with E-state index in [1.54, 1.807) is 0 Å². The Bertz CT molecular complexity index is 649. The monoisotopic (exact) mass is 294 g/mol. The first-order valence-corrected chi connectivity index (χ1v) is 7.53. The summed E-state index contributed by atoms with van der Waals surface area (Å²) in [7, 11) is 0. The Hall–Kier alpha value is -2.42. The van der Waals surface area contributed by atoms with E-state index in [2.05, 4.69) is 0 Å². The fourth-order valence-electron chi connectivity index (χ4n) is 2.62. The minimum absolute atomic E-state index is 0.0216. The predicted molar refractivity (Wildman–Crippen MR) is 83.2 cm³/mol. The topological polar surface area (TPSA) is 43.4 Å². The fourth-order valence-corrected chi connectivity index (χ4v) is 2.62. The van der Waals surface area contributed by atoms with Gasteiger partial charge >= 0.3 is 5.97 Å². The molecule has 0 heterocycles. The van der Waals surface area contributed by atoms with Crippen LogP contribution < -0.4 is 0 Å². The average Bonchev–Trinajstić information content (AvgIpc) is 3.33. The summed E-state index contributed by atoms with van der Waals surface area (Å²) in [5.74, 6) is 0.0290. The summed E-state index contributed by atoms with van der Waals surface area (Å²) in [6.45, 7) is 0.295. The lowest BCUT2D eigenvalue weighted by Gasteiger charge is -2.04. The van der Waals surface area contributed by atoms with Gasteiger partial charge in [-0.2, -0.15) is 0 Å². The minimum Gasteiger partial charge on any atom is -0.461 e. The van der Waals surface area contributed by atoms with Gasteiger partial charge < -0.3 is 4.74 Å². The molecular formula is C19H18O3. The van der Waals surface area contributed by atoms with Crippen molar-refractivity contribution in [1.82, 2.24) is 0 Å². The zero-order chi connectivity index (χ0) is 15.4. The van der Waals surface area contributed by atoms with Crippen molar-refractivity contribution in [3.8, 4) is 0 Å². The van der Waals surface area contributed by atoms with Gasteiger partial charge in [0.25, 0.3) is 0 Å². The molecule has 0 spiro atoms. The highest BCUT2D eigenvalue weighted by molar-refractivity contribution is 5.99. The van der Waals surface area contributed by atoms with Crippen molar-refractivity contribution in [3.63, 3.8) is 0 Å². The molecule has 0 unspecified atom stereocenters. The molecule has 1 aliphatic rings. The molecule has 3 nitrogen and oxygen atoms in total. The number of ketones is 1. The van der Waals surface area contributed by atoms with Crippen molar-refractivity contribution >= 4 is 11.8 Å². The zero-order valence-electron chi connectivity index (χ0n) is 12.3.